The van der Waals surface area contributed by atoms with Gasteiger partial charge in [-0.1, -0.05) is 6.92 Å². The van der Waals surface area contributed by atoms with Crippen LogP contribution in [0.1, 0.15) is 27.2 Å². The maximum Gasteiger partial charge on any atom is 0.0281 e. The highest BCUT2D eigenvalue weighted by Crippen LogP contribution is 2.29. The number of rotatable bonds is 2. The summed E-state index contributed by atoms with van der Waals surface area (Å²) in [6.45, 7) is 9.41. The average Bonchev–Trinajstić information content (AvgIpc) is 2.15. The molecule has 1 heteroatoms. The first-order valence-corrected chi connectivity index (χ1v) is 3.42. The van der Waals surface area contributed by atoms with E-state index in [1.54, 1.807) is 0 Å². The molecule has 1 nitrogen and oxygen atoms in total. The topological polar surface area (TPSA) is 3.01 Å². The van der Waals surface area contributed by atoms with Crippen molar-refractivity contribution in [1.82, 2.24) is 4.90 Å². The molecule has 0 aromatic heterocycles. The molecule has 0 N–H and O–H groups in total. The van der Waals surface area contributed by atoms with E-state index in [9.17, 15) is 0 Å². The minimum absolute atomic E-state index is 0.552. The normalized spacial score (nSPS) is 32.6. The molecule has 1 heterocycles. The number of nitrogens with zero attached hydrogens (tertiary/aromatic N) is 1. The Balaban J connectivity index is 2.17. The first-order valence-electron chi connectivity index (χ1n) is 3.42. The molecule has 0 aliphatic carbocycles. The van der Waals surface area contributed by atoms with Gasteiger partial charge in [-0.2, -0.15) is 0 Å². The standard InChI is InChI=1S/C7H15N/c1-4-5-8-6-7(8,2)3/h4-6H2,1-3H3. The van der Waals surface area contributed by atoms with Crippen molar-refractivity contribution in [2.75, 3.05) is 13.1 Å². The van der Waals surface area contributed by atoms with Gasteiger partial charge in [0.25, 0.3) is 0 Å². The van der Waals surface area contributed by atoms with Gasteiger partial charge >= 0.3 is 0 Å². The average molecular weight is 113 g/mol. The van der Waals surface area contributed by atoms with Crippen LogP contribution in [-0.2, 0) is 0 Å². The van der Waals surface area contributed by atoms with Gasteiger partial charge in [-0.05, 0) is 26.8 Å². The van der Waals surface area contributed by atoms with Gasteiger partial charge in [0, 0.05) is 12.1 Å². The lowest BCUT2D eigenvalue weighted by Crippen LogP contribution is -2.09. The first-order chi connectivity index (χ1) is 3.67. The Morgan fingerprint density at radius 3 is 2.12 bits per heavy atom. The Hall–Kier alpha value is -0.0400. The molecular weight excluding hydrogens is 98.1 g/mol. The van der Waals surface area contributed by atoms with E-state index in [0.29, 0.717) is 5.54 Å². The molecule has 1 aliphatic rings. The van der Waals surface area contributed by atoms with Crippen LogP contribution in [0.15, 0.2) is 0 Å². The summed E-state index contributed by atoms with van der Waals surface area (Å²) in [6.07, 6.45) is 1.30. The van der Waals surface area contributed by atoms with Crippen LogP contribution in [-0.4, -0.2) is 23.5 Å². The molecule has 0 aromatic carbocycles. The molecule has 1 saturated heterocycles. The van der Waals surface area contributed by atoms with E-state index in [1.807, 2.05) is 0 Å². The Morgan fingerprint density at radius 1 is 1.50 bits per heavy atom. The molecule has 1 aliphatic heterocycles. The van der Waals surface area contributed by atoms with E-state index >= 15 is 0 Å². The highest BCUT2D eigenvalue weighted by atomic mass is 15.3. The number of hydrogen-bond donors (Lipinski definition) is 0. The van der Waals surface area contributed by atoms with Crippen molar-refractivity contribution in [2.45, 2.75) is 32.7 Å². The van der Waals surface area contributed by atoms with E-state index < -0.39 is 0 Å². The third kappa shape index (κ3) is 1.03. The molecule has 48 valence electrons. The molecule has 8 heavy (non-hydrogen) atoms. The summed E-state index contributed by atoms with van der Waals surface area (Å²) in [7, 11) is 0. The number of hydrogen-bond acceptors (Lipinski definition) is 1. The van der Waals surface area contributed by atoms with Crippen molar-refractivity contribution in [3.8, 4) is 0 Å². The summed E-state index contributed by atoms with van der Waals surface area (Å²) in [6, 6.07) is 0. The smallest absolute Gasteiger partial charge is 0.0281 e. The fourth-order valence-electron chi connectivity index (χ4n) is 1.08. The summed E-state index contributed by atoms with van der Waals surface area (Å²) < 4.78 is 0. The molecule has 0 saturated carbocycles. The quantitative estimate of drug-likeness (QED) is 0.490. The first kappa shape index (κ1) is 6.09. The van der Waals surface area contributed by atoms with Crippen LogP contribution in [0.2, 0.25) is 0 Å². The Bertz CT molecular complexity index is 86.4. The maximum atomic E-state index is 2.49. The largest absolute Gasteiger partial charge is 0.295 e. The van der Waals surface area contributed by atoms with Crippen molar-refractivity contribution in [2.24, 2.45) is 0 Å². The zero-order chi connectivity index (χ0) is 6.20. The minimum Gasteiger partial charge on any atom is -0.295 e. The molecule has 0 spiro atoms. The van der Waals surface area contributed by atoms with E-state index in [0.717, 1.165) is 0 Å². The van der Waals surface area contributed by atoms with Crippen LogP contribution in [0.4, 0.5) is 0 Å². The summed E-state index contributed by atoms with van der Waals surface area (Å²) in [5.41, 5.74) is 0.552. The van der Waals surface area contributed by atoms with Gasteiger partial charge in [-0.15, -0.1) is 0 Å². The monoisotopic (exact) mass is 113 g/mol. The van der Waals surface area contributed by atoms with Crippen molar-refractivity contribution in [3.63, 3.8) is 0 Å². The maximum absolute atomic E-state index is 2.49. The molecular formula is C7H15N. The Morgan fingerprint density at radius 2 is 2.00 bits per heavy atom. The van der Waals surface area contributed by atoms with E-state index in [-0.39, 0.29) is 0 Å². The molecule has 1 atom stereocenters. The molecule has 0 radical (unpaired) electrons. The summed E-state index contributed by atoms with van der Waals surface area (Å²) in [5, 5.41) is 0. The SMILES string of the molecule is CCCN1CC1(C)C. The predicted molar refractivity (Wildman–Crippen MR) is 35.9 cm³/mol. The summed E-state index contributed by atoms with van der Waals surface area (Å²) >= 11 is 0. The highest BCUT2D eigenvalue weighted by molar-refractivity contribution is 4.98. The van der Waals surface area contributed by atoms with Crippen molar-refractivity contribution in [1.29, 1.82) is 0 Å². The van der Waals surface area contributed by atoms with Crippen LogP contribution in [0.5, 0.6) is 0 Å². The third-order valence-electron chi connectivity index (χ3n) is 1.82. The van der Waals surface area contributed by atoms with Gasteiger partial charge in [0.1, 0.15) is 0 Å². The van der Waals surface area contributed by atoms with Gasteiger partial charge in [0.2, 0.25) is 0 Å². The van der Waals surface area contributed by atoms with Gasteiger partial charge in [0.15, 0.2) is 0 Å². The molecule has 0 aromatic rings. The van der Waals surface area contributed by atoms with Crippen LogP contribution in [0.3, 0.4) is 0 Å². The second-order valence-corrected chi connectivity index (χ2v) is 3.23. The lowest BCUT2D eigenvalue weighted by molar-refractivity contribution is 0.445. The van der Waals surface area contributed by atoms with E-state index in [1.165, 1.54) is 19.5 Å². The van der Waals surface area contributed by atoms with Gasteiger partial charge in [0.05, 0.1) is 0 Å². The van der Waals surface area contributed by atoms with Crippen molar-refractivity contribution < 1.29 is 0 Å². The van der Waals surface area contributed by atoms with Crippen LogP contribution in [0.25, 0.3) is 0 Å². The zero-order valence-corrected chi connectivity index (χ0v) is 6.07. The Labute approximate surface area is 51.7 Å². The second-order valence-electron chi connectivity index (χ2n) is 3.23. The van der Waals surface area contributed by atoms with Gasteiger partial charge in [-0.3, -0.25) is 4.90 Å². The molecule has 0 bridgehead atoms. The van der Waals surface area contributed by atoms with Crippen LogP contribution in [0, 0.1) is 0 Å². The fourth-order valence-corrected chi connectivity index (χ4v) is 1.08. The Kier molecular flexibility index (Phi) is 1.31. The van der Waals surface area contributed by atoms with Crippen molar-refractivity contribution >= 4 is 0 Å². The van der Waals surface area contributed by atoms with E-state index in [4.69, 9.17) is 0 Å². The van der Waals surface area contributed by atoms with Gasteiger partial charge in [-0.25, -0.2) is 0 Å². The molecule has 0 amide bonds. The third-order valence-corrected chi connectivity index (χ3v) is 1.82. The summed E-state index contributed by atoms with van der Waals surface area (Å²) in [5.74, 6) is 0. The molecule has 1 unspecified atom stereocenters. The fraction of sp³-hybridized carbons (Fsp3) is 1.00. The zero-order valence-electron chi connectivity index (χ0n) is 6.07. The molecule has 1 rings (SSSR count). The predicted octanol–water partition coefficient (Wildman–Crippen LogP) is 1.49. The van der Waals surface area contributed by atoms with Gasteiger partial charge < -0.3 is 0 Å². The minimum atomic E-state index is 0.552. The van der Waals surface area contributed by atoms with Crippen LogP contribution < -0.4 is 0 Å². The lowest BCUT2D eigenvalue weighted by Gasteiger charge is -2.02. The second kappa shape index (κ2) is 1.73. The van der Waals surface area contributed by atoms with Crippen molar-refractivity contribution in [3.05, 3.63) is 0 Å². The lowest BCUT2D eigenvalue weighted by atomic mass is 10.2. The van der Waals surface area contributed by atoms with E-state index in [2.05, 4.69) is 25.7 Å². The summed E-state index contributed by atoms with van der Waals surface area (Å²) in [4.78, 5) is 2.49. The highest BCUT2D eigenvalue weighted by Gasteiger charge is 2.41. The van der Waals surface area contributed by atoms with Crippen LogP contribution >= 0.6 is 0 Å². The molecule has 1 fully saturated rings.